The summed E-state index contributed by atoms with van der Waals surface area (Å²) < 4.78 is 5.86. The van der Waals surface area contributed by atoms with Gasteiger partial charge < -0.3 is 10.1 Å². The minimum atomic E-state index is -0.581. The molecular weight excluding hydrogens is 308 g/mol. The van der Waals surface area contributed by atoms with Crippen LogP contribution in [0.15, 0.2) is 24.4 Å². The molecule has 1 amide bonds. The molecule has 0 radical (unpaired) electrons. The van der Waals surface area contributed by atoms with Gasteiger partial charge in [-0.05, 0) is 43.4 Å². The van der Waals surface area contributed by atoms with Crippen molar-refractivity contribution in [3.05, 3.63) is 35.5 Å². The van der Waals surface area contributed by atoms with Crippen molar-refractivity contribution in [2.24, 2.45) is 0 Å². The van der Waals surface area contributed by atoms with Crippen LogP contribution < -0.4 is 10.1 Å². The number of amides is 1. The predicted molar refractivity (Wildman–Crippen MR) is 95.6 cm³/mol. The summed E-state index contributed by atoms with van der Waals surface area (Å²) in [6, 6.07) is 5.65. The number of ether oxygens (including phenoxy) is 1. The van der Waals surface area contributed by atoms with Gasteiger partial charge in [-0.3, -0.25) is 9.78 Å². The number of terminal acetylenes is 1. The molecule has 0 saturated carbocycles. The number of carbonyl (C=O) groups excluding carboxylic acids is 1. The van der Waals surface area contributed by atoms with E-state index in [1.54, 1.807) is 6.20 Å². The summed E-state index contributed by atoms with van der Waals surface area (Å²) in [5.41, 5.74) is 2.00. The van der Waals surface area contributed by atoms with Crippen molar-refractivity contribution in [2.45, 2.75) is 25.7 Å². The number of benzene rings is 1. The topological polar surface area (TPSA) is 51.2 Å². The number of rotatable bonds is 6. The largest absolute Gasteiger partial charge is 0.470 e. The maximum Gasteiger partial charge on any atom is 0.271 e. The molecule has 0 saturated heterocycles. The molecule has 4 nitrogen and oxygen atoms in total. The monoisotopic (exact) mass is 328 g/mol. The second kappa shape index (κ2) is 7.89. The van der Waals surface area contributed by atoms with Crippen molar-refractivity contribution in [2.75, 3.05) is 12.8 Å². The van der Waals surface area contributed by atoms with Gasteiger partial charge in [-0.1, -0.05) is 12.8 Å². The lowest BCUT2D eigenvalue weighted by Crippen LogP contribution is -2.36. The molecule has 120 valence electrons. The molecule has 1 heterocycles. The Morgan fingerprint density at radius 1 is 1.48 bits per heavy atom. The molecule has 1 atom stereocenters. The summed E-state index contributed by atoms with van der Waals surface area (Å²) >= 11 is 1.36. The van der Waals surface area contributed by atoms with Crippen molar-refractivity contribution in [3.8, 4) is 18.1 Å². The minimum Gasteiger partial charge on any atom is -0.470 e. The summed E-state index contributed by atoms with van der Waals surface area (Å²) in [7, 11) is 0. The number of hydrogen-bond acceptors (Lipinski definition) is 4. The van der Waals surface area contributed by atoms with Crippen LogP contribution in [0, 0.1) is 19.3 Å². The number of thioether (sulfide) groups is 1. The maximum atomic E-state index is 12.1. The third-order valence-corrected chi connectivity index (χ3v) is 4.07. The number of aromatic nitrogens is 1. The first-order chi connectivity index (χ1) is 11.1. The number of fused-ring (bicyclic) bond motifs is 1. The van der Waals surface area contributed by atoms with Crippen LogP contribution in [-0.2, 0) is 4.79 Å². The molecule has 23 heavy (non-hydrogen) atoms. The summed E-state index contributed by atoms with van der Waals surface area (Å²) in [4.78, 5) is 16.5. The van der Waals surface area contributed by atoms with Crippen LogP contribution in [0.3, 0.4) is 0 Å². The zero-order valence-corrected chi connectivity index (χ0v) is 14.4. The fourth-order valence-electron chi connectivity index (χ4n) is 2.21. The van der Waals surface area contributed by atoms with Crippen LogP contribution >= 0.6 is 11.8 Å². The second-order valence-electron chi connectivity index (χ2n) is 5.16. The van der Waals surface area contributed by atoms with Gasteiger partial charge in [-0.25, -0.2) is 0 Å². The van der Waals surface area contributed by atoms with Gasteiger partial charge in [0, 0.05) is 23.7 Å². The van der Waals surface area contributed by atoms with Gasteiger partial charge in [0.1, 0.15) is 5.75 Å². The van der Waals surface area contributed by atoms with E-state index in [0.717, 1.165) is 28.5 Å². The summed E-state index contributed by atoms with van der Waals surface area (Å²) in [6.07, 6.45) is 9.85. The Morgan fingerprint density at radius 3 is 2.91 bits per heavy atom. The Hall–Kier alpha value is -2.19. The number of aryl methyl sites for hydroxylation is 1. The van der Waals surface area contributed by atoms with E-state index in [1.807, 2.05) is 38.3 Å². The summed E-state index contributed by atoms with van der Waals surface area (Å²) in [6.45, 7) is 4.62. The highest BCUT2D eigenvalue weighted by Gasteiger charge is 2.19. The molecule has 0 spiro atoms. The Morgan fingerprint density at radius 2 is 2.26 bits per heavy atom. The maximum absolute atomic E-state index is 12.1. The molecule has 2 aromatic rings. The highest BCUT2D eigenvalue weighted by Crippen LogP contribution is 2.26. The molecule has 0 aliphatic rings. The molecule has 0 aliphatic heterocycles. The van der Waals surface area contributed by atoms with Crippen molar-refractivity contribution in [1.82, 2.24) is 10.3 Å². The zero-order chi connectivity index (χ0) is 16.8. The number of pyridine rings is 1. The van der Waals surface area contributed by atoms with E-state index in [0.29, 0.717) is 12.3 Å². The smallest absolute Gasteiger partial charge is 0.271 e. The molecule has 0 aliphatic carbocycles. The summed E-state index contributed by atoms with van der Waals surface area (Å²) in [5.74, 6) is 3.10. The fraction of sp³-hybridized carbons (Fsp3) is 0.333. The second-order valence-corrected chi connectivity index (χ2v) is 6.06. The van der Waals surface area contributed by atoms with E-state index < -0.39 is 5.44 Å². The van der Waals surface area contributed by atoms with Gasteiger partial charge >= 0.3 is 0 Å². The zero-order valence-electron chi connectivity index (χ0n) is 13.6. The standard InChI is InChI=1S/C18H20N2O2S/c1-5-7-19-17(21)18(23-4)22-15-8-12(3)16-14(10-15)9-13(6-2)11-20-16/h2,8-11,18H,5,7H2,1,3-4H3,(H,19,21). The van der Waals surface area contributed by atoms with E-state index in [4.69, 9.17) is 11.2 Å². The van der Waals surface area contributed by atoms with Gasteiger partial charge in [-0.2, -0.15) is 0 Å². The average molecular weight is 328 g/mol. The van der Waals surface area contributed by atoms with Crippen LogP contribution in [0.25, 0.3) is 10.9 Å². The number of nitrogens with zero attached hydrogens (tertiary/aromatic N) is 1. The minimum absolute atomic E-state index is 0.118. The molecule has 1 aromatic carbocycles. The van der Waals surface area contributed by atoms with Crippen molar-refractivity contribution in [3.63, 3.8) is 0 Å². The number of nitrogens with one attached hydrogen (secondary N) is 1. The molecule has 1 unspecified atom stereocenters. The van der Waals surface area contributed by atoms with Gasteiger partial charge in [0.15, 0.2) is 0 Å². The normalized spacial score (nSPS) is 11.7. The number of hydrogen-bond donors (Lipinski definition) is 1. The quantitative estimate of drug-likeness (QED) is 0.654. The molecule has 0 bridgehead atoms. The molecule has 1 N–H and O–H groups in total. The molecule has 5 heteroatoms. The first-order valence-electron chi connectivity index (χ1n) is 7.43. The molecular formula is C18H20N2O2S. The van der Waals surface area contributed by atoms with Crippen LogP contribution in [-0.4, -0.2) is 29.1 Å². The highest BCUT2D eigenvalue weighted by atomic mass is 32.2. The van der Waals surface area contributed by atoms with Crippen LogP contribution in [0.5, 0.6) is 5.75 Å². The highest BCUT2D eigenvalue weighted by molar-refractivity contribution is 7.99. The average Bonchev–Trinajstić information content (AvgIpc) is 2.56. The van der Waals surface area contributed by atoms with Crippen LogP contribution in [0.1, 0.15) is 24.5 Å². The Kier molecular flexibility index (Phi) is 5.89. The van der Waals surface area contributed by atoms with Crippen LogP contribution in [0.2, 0.25) is 0 Å². The fourth-order valence-corrected chi connectivity index (χ4v) is 2.71. The Balaban J connectivity index is 2.28. The van der Waals surface area contributed by atoms with E-state index in [2.05, 4.69) is 16.2 Å². The lowest BCUT2D eigenvalue weighted by Gasteiger charge is -2.17. The van der Waals surface area contributed by atoms with Crippen molar-refractivity contribution >= 4 is 28.6 Å². The van der Waals surface area contributed by atoms with E-state index >= 15 is 0 Å². The van der Waals surface area contributed by atoms with E-state index in [1.165, 1.54) is 11.8 Å². The van der Waals surface area contributed by atoms with Gasteiger partial charge in [0.2, 0.25) is 5.44 Å². The lowest BCUT2D eigenvalue weighted by molar-refractivity contribution is -0.124. The first kappa shape index (κ1) is 17.2. The lowest BCUT2D eigenvalue weighted by atomic mass is 10.1. The van der Waals surface area contributed by atoms with E-state index in [9.17, 15) is 4.79 Å². The summed E-state index contributed by atoms with van der Waals surface area (Å²) in [5, 5.41) is 3.76. The third kappa shape index (κ3) is 4.17. The Labute approximate surface area is 141 Å². The van der Waals surface area contributed by atoms with Gasteiger partial charge in [0.25, 0.3) is 5.91 Å². The van der Waals surface area contributed by atoms with Crippen molar-refractivity contribution in [1.29, 1.82) is 0 Å². The van der Waals surface area contributed by atoms with E-state index in [-0.39, 0.29) is 5.91 Å². The predicted octanol–water partition coefficient (Wildman–Crippen LogP) is 3.12. The molecule has 0 fully saturated rings. The van der Waals surface area contributed by atoms with Gasteiger partial charge in [-0.15, -0.1) is 18.2 Å². The molecule has 2 rings (SSSR count). The van der Waals surface area contributed by atoms with Gasteiger partial charge in [0.05, 0.1) is 5.52 Å². The Bertz CT molecular complexity index is 753. The molecule has 1 aromatic heterocycles. The third-order valence-electron chi connectivity index (χ3n) is 3.33. The van der Waals surface area contributed by atoms with Crippen molar-refractivity contribution < 1.29 is 9.53 Å². The first-order valence-corrected chi connectivity index (χ1v) is 8.72. The number of carbonyl (C=O) groups is 1. The van der Waals surface area contributed by atoms with Crippen LogP contribution in [0.4, 0.5) is 0 Å². The SMILES string of the molecule is C#Cc1cnc2c(C)cc(OC(SC)C(=O)NCCC)cc2c1.